The first-order valence-corrected chi connectivity index (χ1v) is 10.4. The number of fused-ring (bicyclic) bond motifs is 1. The third-order valence-corrected chi connectivity index (χ3v) is 5.31. The Hall–Kier alpha value is -2.17. The number of carbonyl (C=O) groups is 2. The van der Waals surface area contributed by atoms with Crippen LogP contribution < -0.4 is 10.6 Å². The topological polar surface area (TPSA) is 58.2 Å². The molecule has 0 aromatic heterocycles. The molecule has 0 fully saturated rings. The highest BCUT2D eigenvalue weighted by molar-refractivity contribution is 5.98. The van der Waals surface area contributed by atoms with Gasteiger partial charge in [0, 0.05) is 24.9 Å². The summed E-state index contributed by atoms with van der Waals surface area (Å²) in [5, 5.41) is 6.32. The number of unbranched alkanes of at least 4 members (excludes halogenated alkanes) is 1. The Morgan fingerprint density at radius 1 is 0.897 bits per heavy atom. The normalized spacial score (nSPS) is 13.0. The molecule has 0 unspecified atom stereocenters. The fourth-order valence-electron chi connectivity index (χ4n) is 3.63. The summed E-state index contributed by atoms with van der Waals surface area (Å²) in [6.07, 6.45) is 5.53. The SMILES string of the molecule is Cl.O=C(CCC(=O)c1ccc2c(c1)CCNCC2)NCCCCc1ccccc1. The maximum atomic E-state index is 12.5. The van der Waals surface area contributed by atoms with Crippen molar-refractivity contribution in [3.8, 4) is 0 Å². The van der Waals surface area contributed by atoms with E-state index in [-0.39, 0.29) is 36.9 Å². The van der Waals surface area contributed by atoms with Crippen molar-refractivity contribution in [2.75, 3.05) is 19.6 Å². The molecule has 0 radical (unpaired) electrons. The van der Waals surface area contributed by atoms with Crippen molar-refractivity contribution >= 4 is 24.1 Å². The minimum atomic E-state index is -0.0352. The highest BCUT2D eigenvalue weighted by Gasteiger charge is 2.13. The van der Waals surface area contributed by atoms with Crippen LogP contribution in [0.25, 0.3) is 0 Å². The molecule has 0 saturated carbocycles. The molecule has 4 nitrogen and oxygen atoms in total. The van der Waals surface area contributed by atoms with Crippen molar-refractivity contribution in [1.82, 2.24) is 10.6 Å². The minimum Gasteiger partial charge on any atom is -0.356 e. The first kappa shape index (κ1) is 23.1. The third kappa shape index (κ3) is 7.64. The number of hydrogen-bond donors (Lipinski definition) is 2. The quantitative estimate of drug-likeness (QED) is 0.483. The predicted octanol–water partition coefficient (Wildman–Crippen LogP) is 3.90. The Kier molecular flexibility index (Phi) is 9.89. The number of ketones is 1. The summed E-state index contributed by atoms with van der Waals surface area (Å²) in [6.45, 7) is 2.62. The Labute approximate surface area is 179 Å². The van der Waals surface area contributed by atoms with E-state index in [9.17, 15) is 9.59 Å². The summed E-state index contributed by atoms with van der Waals surface area (Å²) in [4.78, 5) is 24.5. The summed E-state index contributed by atoms with van der Waals surface area (Å²) in [6, 6.07) is 16.4. The number of nitrogens with one attached hydrogen (secondary N) is 2. The maximum Gasteiger partial charge on any atom is 0.220 e. The fourth-order valence-corrected chi connectivity index (χ4v) is 3.63. The molecule has 0 bridgehead atoms. The smallest absolute Gasteiger partial charge is 0.220 e. The van der Waals surface area contributed by atoms with Gasteiger partial charge in [-0.05, 0) is 68.0 Å². The van der Waals surface area contributed by atoms with Gasteiger partial charge in [0.1, 0.15) is 0 Å². The van der Waals surface area contributed by atoms with Gasteiger partial charge in [0.15, 0.2) is 5.78 Å². The van der Waals surface area contributed by atoms with Crippen LogP contribution in [0.3, 0.4) is 0 Å². The Balaban J connectivity index is 0.00000300. The Morgan fingerprint density at radius 3 is 2.45 bits per heavy atom. The molecule has 2 N–H and O–H groups in total. The van der Waals surface area contributed by atoms with Gasteiger partial charge in [0.2, 0.25) is 5.91 Å². The van der Waals surface area contributed by atoms with Crippen molar-refractivity contribution in [1.29, 1.82) is 0 Å². The summed E-state index contributed by atoms with van der Waals surface area (Å²) in [5.41, 5.74) is 4.65. The van der Waals surface area contributed by atoms with Gasteiger partial charge in [-0.3, -0.25) is 9.59 Å². The molecule has 2 aromatic rings. The summed E-state index contributed by atoms with van der Waals surface area (Å²) < 4.78 is 0. The molecule has 0 saturated heterocycles. The Morgan fingerprint density at radius 2 is 1.66 bits per heavy atom. The number of Topliss-reactive ketones (excluding diaryl/α,β-unsaturated/α-hetero) is 1. The molecule has 1 heterocycles. The summed E-state index contributed by atoms with van der Waals surface area (Å²) >= 11 is 0. The van der Waals surface area contributed by atoms with Crippen molar-refractivity contribution in [3.63, 3.8) is 0 Å². The molecule has 0 spiro atoms. The zero-order chi connectivity index (χ0) is 19.6. The maximum absolute atomic E-state index is 12.5. The number of amides is 1. The molecule has 0 atom stereocenters. The van der Waals surface area contributed by atoms with E-state index in [4.69, 9.17) is 0 Å². The minimum absolute atomic E-state index is 0. The molecule has 1 aliphatic heterocycles. The first-order valence-electron chi connectivity index (χ1n) is 10.4. The van der Waals surface area contributed by atoms with Gasteiger partial charge >= 0.3 is 0 Å². The van der Waals surface area contributed by atoms with Crippen LogP contribution in [0.1, 0.15) is 52.7 Å². The molecule has 0 aliphatic carbocycles. The predicted molar refractivity (Wildman–Crippen MR) is 120 cm³/mol. The molecule has 29 heavy (non-hydrogen) atoms. The van der Waals surface area contributed by atoms with E-state index in [1.807, 2.05) is 18.2 Å². The molecule has 1 aliphatic rings. The van der Waals surface area contributed by atoms with E-state index in [0.29, 0.717) is 6.54 Å². The molecule has 5 heteroatoms. The summed E-state index contributed by atoms with van der Waals surface area (Å²) in [7, 11) is 0. The van der Waals surface area contributed by atoms with Gasteiger partial charge in [-0.1, -0.05) is 42.5 Å². The monoisotopic (exact) mass is 414 g/mol. The average Bonchev–Trinajstić information content (AvgIpc) is 2.97. The van der Waals surface area contributed by atoms with Crippen LogP contribution in [0.5, 0.6) is 0 Å². The van der Waals surface area contributed by atoms with E-state index in [2.05, 4.69) is 41.0 Å². The van der Waals surface area contributed by atoms with Crippen molar-refractivity contribution < 1.29 is 9.59 Å². The van der Waals surface area contributed by atoms with Crippen LogP contribution in [0.15, 0.2) is 48.5 Å². The zero-order valence-corrected chi connectivity index (χ0v) is 17.7. The number of aryl methyl sites for hydroxylation is 1. The zero-order valence-electron chi connectivity index (χ0n) is 16.9. The lowest BCUT2D eigenvalue weighted by Gasteiger charge is -2.08. The molecule has 1 amide bonds. The van der Waals surface area contributed by atoms with Crippen molar-refractivity contribution in [3.05, 3.63) is 70.8 Å². The van der Waals surface area contributed by atoms with Crippen molar-refractivity contribution in [2.45, 2.75) is 44.9 Å². The second-order valence-corrected chi connectivity index (χ2v) is 7.45. The van der Waals surface area contributed by atoms with E-state index in [1.165, 1.54) is 16.7 Å². The van der Waals surface area contributed by atoms with Crippen LogP contribution in [0, 0.1) is 0 Å². The number of benzene rings is 2. The van der Waals surface area contributed by atoms with Gasteiger partial charge in [0.25, 0.3) is 0 Å². The lowest BCUT2D eigenvalue weighted by Crippen LogP contribution is -2.25. The van der Waals surface area contributed by atoms with E-state index in [1.54, 1.807) is 0 Å². The second kappa shape index (κ2) is 12.4. The van der Waals surface area contributed by atoms with Gasteiger partial charge < -0.3 is 10.6 Å². The largest absolute Gasteiger partial charge is 0.356 e. The third-order valence-electron chi connectivity index (χ3n) is 5.31. The lowest BCUT2D eigenvalue weighted by molar-refractivity contribution is -0.121. The number of rotatable bonds is 9. The highest BCUT2D eigenvalue weighted by Crippen LogP contribution is 2.17. The first-order chi connectivity index (χ1) is 13.7. The van der Waals surface area contributed by atoms with Crippen LogP contribution in [0.2, 0.25) is 0 Å². The average molecular weight is 415 g/mol. The van der Waals surface area contributed by atoms with Gasteiger partial charge in [-0.15, -0.1) is 12.4 Å². The van der Waals surface area contributed by atoms with Crippen molar-refractivity contribution in [2.24, 2.45) is 0 Å². The lowest BCUT2D eigenvalue weighted by atomic mass is 9.97. The van der Waals surface area contributed by atoms with Crippen LogP contribution in [-0.4, -0.2) is 31.3 Å². The van der Waals surface area contributed by atoms with Crippen LogP contribution in [0.4, 0.5) is 0 Å². The van der Waals surface area contributed by atoms with E-state index in [0.717, 1.165) is 50.8 Å². The molecular weight excluding hydrogens is 384 g/mol. The number of halogens is 1. The fraction of sp³-hybridized carbons (Fsp3) is 0.417. The van der Waals surface area contributed by atoms with Crippen LogP contribution >= 0.6 is 12.4 Å². The van der Waals surface area contributed by atoms with Gasteiger partial charge in [0.05, 0.1) is 0 Å². The van der Waals surface area contributed by atoms with Gasteiger partial charge in [-0.2, -0.15) is 0 Å². The molecule has 3 rings (SSSR count). The molecule has 2 aromatic carbocycles. The second-order valence-electron chi connectivity index (χ2n) is 7.45. The summed E-state index contributed by atoms with van der Waals surface area (Å²) in [5.74, 6) is 0.0197. The Bertz CT molecular complexity index is 793. The molecule has 156 valence electrons. The van der Waals surface area contributed by atoms with E-state index >= 15 is 0 Å². The highest BCUT2D eigenvalue weighted by atomic mass is 35.5. The van der Waals surface area contributed by atoms with E-state index < -0.39 is 0 Å². The van der Waals surface area contributed by atoms with Crippen LogP contribution in [-0.2, 0) is 24.1 Å². The number of carbonyl (C=O) groups excluding carboxylic acids is 2. The number of hydrogen-bond acceptors (Lipinski definition) is 3. The standard InChI is InChI=1S/C24H30N2O2.ClH/c27-23(22-10-9-20-13-16-25-17-14-21(20)18-22)11-12-24(28)26-15-5-4-8-19-6-2-1-3-7-19;/h1-3,6-7,9-10,18,25H,4-5,8,11-17H2,(H,26,28);1H. The van der Waals surface area contributed by atoms with Gasteiger partial charge in [-0.25, -0.2) is 0 Å². The molecular formula is C24H31ClN2O2.